The number of amides is 1. The molecule has 3 N–H and O–H groups in total. The molecule has 3 unspecified atom stereocenters. The van der Waals surface area contributed by atoms with Gasteiger partial charge in [-0.25, -0.2) is 0 Å². The van der Waals surface area contributed by atoms with Crippen molar-refractivity contribution < 1.29 is 24.5 Å². The minimum atomic E-state index is -0.807. The topological polar surface area (TPSA) is 95.9 Å². The third-order valence-corrected chi connectivity index (χ3v) is 11.8. The zero-order valence-electron chi connectivity index (χ0n) is 41.9. The van der Waals surface area contributed by atoms with Crippen LogP contribution in [0.3, 0.4) is 0 Å². The molecule has 1 amide bonds. The number of aliphatic hydroxyl groups excluding tert-OH is 2. The third kappa shape index (κ3) is 45.6. The van der Waals surface area contributed by atoms with Gasteiger partial charge in [0, 0.05) is 6.42 Å². The largest absolute Gasteiger partial charge is 0.462 e. The van der Waals surface area contributed by atoms with E-state index in [1.807, 2.05) is 18.2 Å². The number of esters is 1. The highest BCUT2D eigenvalue weighted by molar-refractivity contribution is 5.77. The van der Waals surface area contributed by atoms with Crippen molar-refractivity contribution >= 4 is 11.9 Å². The number of hydrogen-bond acceptors (Lipinski definition) is 5. The van der Waals surface area contributed by atoms with Gasteiger partial charge in [-0.1, -0.05) is 234 Å². The molecule has 0 aliphatic rings. The van der Waals surface area contributed by atoms with Crippen LogP contribution in [-0.4, -0.2) is 46.9 Å². The predicted octanol–water partition coefficient (Wildman–Crippen LogP) is 16.3. The highest BCUT2D eigenvalue weighted by Gasteiger charge is 2.24. The fraction of sp³-hybridized carbons (Fsp3) is 0.724. The number of hydrogen-bond donors (Lipinski definition) is 3. The molecule has 368 valence electrons. The van der Waals surface area contributed by atoms with Crippen LogP contribution in [-0.2, 0) is 14.3 Å². The van der Waals surface area contributed by atoms with Gasteiger partial charge in [0.05, 0.1) is 25.2 Å². The van der Waals surface area contributed by atoms with Crippen LogP contribution in [0.4, 0.5) is 0 Å². The smallest absolute Gasteiger partial charge is 0.306 e. The average molecular weight is 892 g/mol. The average Bonchev–Trinajstić information content (AvgIpc) is 3.29. The molecule has 0 heterocycles. The van der Waals surface area contributed by atoms with Gasteiger partial charge in [0.15, 0.2) is 0 Å². The molecular formula is C58H101NO5. The number of nitrogens with one attached hydrogen (secondary N) is 1. The molecule has 0 bridgehead atoms. The number of ether oxygens (including phenoxy) is 1. The minimum absolute atomic E-state index is 0.0382. The standard InChI is InChI=1S/C58H101NO5/c1-4-7-10-13-16-19-22-25-28-31-34-37-40-43-46-49-54(64-58(63)51-48-45-42-39-36-33-30-27-24-21-18-15-12-9-6-3)52-57(62)59-55(53-60)56(61)50-47-44-41-38-35-32-29-26-23-20-17-14-11-8-5-2/h9,12,15-16,18-19,21,24-25,27-28,30,34,37,54-56,60-61H,4-8,10-11,13-14,17,20,22-23,26,29,31-33,35-36,38-53H2,1-3H3,(H,59,62)/b12-9+,18-15+,19-16-,24-21+,28-25-,30-27-,37-34-. The highest BCUT2D eigenvalue weighted by atomic mass is 16.5. The van der Waals surface area contributed by atoms with Gasteiger partial charge in [-0.05, 0) is 83.5 Å². The fourth-order valence-electron chi connectivity index (χ4n) is 7.74. The normalized spacial score (nSPS) is 13.9. The summed E-state index contributed by atoms with van der Waals surface area (Å²) in [6, 6.07) is -0.724. The van der Waals surface area contributed by atoms with E-state index in [-0.39, 0.29) is 24.9 Å². The lowest BCUT2D eigenvalue weighted by Gasteiger charge is -2.24. The van der Waals surface area contributed by atoms with Crippen LogP contribution < -0.4 is 5.32 Å². The van der Waals surface area contributed by atoms with Crippen LogP contribution in [0.5, 0.6) is 0 Å². The second-order valence-corrected chi connectivity index (χ2v) is 18.0. The molecule has 0 aliphatic heterocycles. The Hall–Kier alpha value is -2.96. The molecule has 0 aromatic rings. The van der Waals surface area contributed by atoms with Crippen LogP contribution in [0.1, 0.15) is 245 Å². The first-order valence-electron chi connectivity index (χ1n) is 26.9. The van der Waals surface area contributed by atoms with E-state index >= 15 is 0 Å². The van der Waals surface area contributed by atoms with Gasteiger partial charge in [-0.2, -0.15) is 0 Å². The summed E-state index contributed by atoms with van der Waals surface area (Å²) >= 11 is 0. The summed E-state index contributed by atoms with van der Waals surface area (Å²) in [4.78, 5) is 26.2. The van der Waals surface area contributed by atoms with E-state index in [1.165, 1.54) is 103 Å². The lowest BCUT2D eigenvalue weighted by molar-refractivity contribution is -0.151. The van der Waals surface area contributed by atoms with Crippen molar-refractivity contribution in [1.82, 2.24) is 5.32 Å². The van der Waals surface area contributed by atoms with E-state index in [9.17, 15) is 19.8 Å². The summed E-state index contributed by atoms with van der Waals surface area (Å²) in [5.41, 5.74) is 0. The first kappa shape index (κ1) is 61.0. The van der Waals surface area contributed by atoms with Crippen molar-refractivity contribution in [3.63, 3.8) is 0 Å². The summed E-state index contributed by atoms with van der Waals surface area (Å²) < 4.78 is 5.91. The first-order valence-corrected chi connectivity index (χ1v) is 26.9. The molecule has 6 heteroatoms. The van der Waals surface area contributed by atoms with E-state index in [1.54, 1.807) is 0 Å². The maximum atomic E-state index is 13.2. The van der Waals surface area contributed by atoms with E-state index in [4.69, 9.17) is 4.74 Å². The van der Waals surface area contributed by atoms with Crippen LogP contribution in [0.15, 0.2) is 85.1 Å². The Kier molecular flexibility index (Phi) is 48.7. The zero-order valence-corrected chi connectivity index (χ0v) is 41.9. The van der Waals surface area contributed by atoms with Crippen LogP contribution in [0.25, 0.3) is 0 Å². The number of carbonyl (C=O) groups is 2. The molecule has 0 radical (unpaired) electrons. The maximum Gasteiger partial charge on any atom is 0.306 e. The molecule has 0 aliphatic carbocycles. The quantitative estimate of drug-likeness (QED) is 0.0245. The Labute approximate surface area is 395 Å². The molecule has 3 atom stereocenters. The van der Waals surface area contributed by atoms with Gasteiger partial charge in [0.2, 0.25) is 5.91 Å². The van der Waals surface area contributed by atoms with Crippen molar-refractivity contribution in [2.24, 2.45) is 0 Å². The first-order chi connectivity index (χ1) is 31.5. The van der Waals surface area contributed by atoms with Crippen molar-refractivity contribution in [3.05, 3.63) is 85.1 Å². The Morgan fingerprint density at radius 1 is 0.484 bits per heavy atom. The monoisotopic (exact) mass is 892 g/mol. The zero-order chi connectivity index (χ0) is 46.7. The van der Waals surface area contributed by atoms with E-state index in [2.05, 4.69) is 92.9 Å². The van der Waals surface area contributed by atoms with Gasteiger partial charge in [0.1, 0.15) is 6.10 Å². The number of aliphatic hydroxyl groups is 2. The molecule has 0 saturated carbocycles. The fourth-order valence-corrected chi connectivity index (χ4v) is 7.74. The SMILES string of the molecule is CC/C=C/C=C/C=C/C=C\CCCCCCCC(=O)OC(CCCC/C=C\C/C=C\C/C=C\CCCCC)CC(=O)NC(CO)C(O)CCCCCCCCCCCCCCCCC. The summed E-state index contributed by atoms with van der Waals surface area (Å²) in [6.07, 6.45) is 66.4. The number of unbranched alkanes of at least 4 members (excludes halogenated alkanes) is 24. The van der Waals surface area contributed by atoms with Crippen molar-refractivity contribution in [3.8, 4) is 0 Å². The second kappa shape index (κ2) is 51.0. The molecule has 0 spiro atoms. The summed E-state index contributed by atoms with van der Waals surface area (Å²) in [7, 11) is 0. The minimum Gasteiger partial charge on any atom is -0.462 e. The molecule has 0 fully saturated rings. The predicted molar refractivity (Wildman–Crippen MR) is 278 cm³/mol. The third-order valence-electron chi connectivity index (χ3n) is 11.8. The van der Waals surface area contributed by atoms with Gasteiger partial charge in [-0.3, -0.25) is 9.59 Å². The van der Waals surface area contributed by atoms with Crippen LogP contribution in [0, 0.1) is 0 Å². The van der Waals surface area contributed by atoms with Crippen LogP contribution in [0.2, 0.25) is 0 Å². The molecule has 0 aromatic carbocycles. The van der Waals surface area contributed by atoms with E-state index in [0.717, 1.165) is 96.3 Å². The summed E-state index contributed by atoms with van der Waals surface area (Å²) in [6.45, 7) is 6.31. The lowest BCUT2D eigenvalue weighted by Crippen LogP contribution is -2.46. The van der Waals surface area contributed by atoms with Crippen LogP contribution >= 0.6 is 0 Å². The van der Waals surface area contributed by atoms with Gasteiger partial charge < -0.3 is 20.3 Å². The molecule has 0 aromatic heterocycles. The van der Waals surface area contributed by atoms with Crippen molar-refractivity contribution in [2.75, 3.05) is 6.61 Å². The van der Waals surface area contributed by atoms with Gasteiger partial charge in [0.25, 0.3) is 0 Å². The summed E-state index contributed by atoms with van der Waals surface area (Å²) in [5.74, 6) is -0.541. The maximum absolute atomic E-state index is 13.2. The second-order valence-electron chi connectivity index (χ2n) is 18.0. The molecule has 6 nitrogen and oxygen atoms in total. The Balaban J connectivity index is 4.68. The van der Waals surface area contributed by atoms with E-state index in [0.29, 0.717) is 19.3 Å². The number of carbonyl (C=O) groups excluding carboxylic acids is 2. The number of rotatable bonds is 47. The van der Waals surface area contributed by atoms with Gasteiger partial charge >= 0.3 is 5.97 Å². The highest BCUT2D eigenvalue weighted by Crippen LogP contribution is 2.17. The molecule has 0 saturated heterocycles. The molecule has 0 rings (SSSR count). The molecule has 64 heavy (non-hydrogen) atoms. The number of allylic oxidation sites excluding steroid dienone is 14. The summed E-state index contributed by atoms with van der Waals surface area (Å²) in [5, 5.41) is 23.8. The Morgan fingerprint density at radius 2 is 0.906 bits per heavy atom. The Morgan fingerprint density at radius 3 is 1.47 bits per heavy atom. The lowest BCUT2D eigenvalue weighted by atomic mass is 10.0. The van der Waals surface area contributed by atoms with E-state index < -0.39 is 18.2 Å². The van der Waals surface area contributed by atoms with Crippen molar-refractivity contribution in [1.29, 1.82) is 0 Å². The molecular weight excluding hydrogens is 791 g/mol. The Bertz CT molecular complexity index is 1230. The van der Waals surface area contributed by atoms with Crippen molar-refractivity contribution in [2.45, 2.75) is 264 Å². The van der Waals surface area contributed by atoms with Gasteiger partial charge in [-0.15, -0.1) is 0 Å².